The number of rotatable bonds is 8. The molecule has 11 heteroatoms. The van der Waals surface area contributed by atoms with E-state index in [0.717, 1.165) is 6.42 Å². The van der Waals surface area contributed by atoms with E-state index in [9.17, 15) is 19.7 Å². The van der Waals surface area contributed by atoms with Crippen molar-refractivity contribution in [2.24, 2.45) is 0 Å². The van der Waals surface area contributed by atoms with Gasteiger partial charge in [-0.15, -0.1) is 0 Å². The quantitative estimate of drug-likeness (QED) is 0.435. The molecule has 0 saturated carbocycles. The van der Waals surface area contributed by atoms with Crippen LogP contribution in [0.5, 0.6) is 11.5 Å². The Balaban J connectivity index is 1.76. The number of nitro groups is 1. The molecule has 1 unspecified atom stereocenters. The second-order valence-corrected chi connectivity index (χ2v) is 8.33. The maximum absolute atomic E-state index is 13.0. The summed E-state index contributed by atoms with van der Waals surface area (Å²) in [6.45, 7) is 0.993. The van der Waals surface area contributed by atoms with E-state index in [4.69, 9.17) is 21.1 Å². The number of benzene rings is 2. The Kier molecular flexibility index (Phi) is 8.18. The second kappa shape index (κ2) is 11.1. The predicted octanol–water partition coefficient (Wildman–Crippen LogP) is 3.90. The van der Waals surface area contributed by atoms with E-state index < -0.39 is 22.8 Å². The molecule has 2 N–H and O–H groups in total. The number of amides is 2. The maximum atomic E-state index is 13.0. The Morgan fingerprint density at radius 3 is 2.62 bits per heavy atom. The van der Waals surface area contributed by atoms with E-state index in [1.807, 2.05) is 6.26 Å². The van der Waals surface area contributed by atoms with Crippen LogP contribution in [0.2, 0.25) is 5.02 Å². The van der Waals surface area contributed by atoms with Crippen LogP contribution < -0.4 is 20.1 Å². The molecule has 0 aromatic heterocycles. The molecule has 9 nitrogen and oxygen atoms in total. The normalized spacial score (nSPS) is 13.6. The molecule has 1 heterocycles. The molecule has 1 atom stereocenters. The average Bonchev–Trinajstić information content (AvgIpc) is 3.01. The zero-order valence-corrected chi connectivity index (χ0v) is 18.8. The minimum atomic E-state index is -0.874. The van der Waals surface area contributed by atoms with E-state index in [0.29, 0.717) is 42.6 Å². The molecular weight excluding hydrogens is 458 g/mol. The Morgan fingerprint density at radius 2 is 1.94 bits per heavy atom. The molecule has 1 aliphatic rings. The summed E-state index contributed by atoms with van der Waals surface area (Å²) in [5.74, 6) is 0.545. The third-order valence-corrected chi connectivity index (χ3v) is 5.60. The number of nitro benzene ring substituents is 1. The van der Waals surface area contributed by atoms with E-state index in [1.54, 1.807) is 12.1 Å². The highest BCUT2D eigenvalue weighted by atomic mass is 35.5. The summed E-state index contributed by atoms with van der Waals surface area (Å²) < 4.78 is 11.2. The van der Waals surface area contributed by atoms with Crippen molar-refractivity contribution >= 4 is 46.6 Å². The van der Waals surface area contributed by atoms with Gasteiger partial charge in [-0.05, 0) is 24.5 Å². The molecule has 170 valence electrons. The summed E-state index contributed by atoms with van der Waals surface area (Å²) >= 11 is 7.83. The van der Waals surface area contributed by atoms with Crippen LogP contribution in [0, 0.1) is 10.1 Å². The monoisotopic (exact) mass is 479 g/mol. The predicted molar refractivity (Wildman–Crippen MR) is 123 cm³/mol. The van der Waals surface area contributed by atoms with Crippen LogP contribution in [-0.4, -0.2) is 48.0 Å². The molecule has 2 amide bonds. The summed E-state index contributed by atoms with van der Waals surface area (Å²) in [6, 6.07) is 7.63. The number of non-ortho nitro benzene ring substituents is 1. The van der Waals surface area contributed by atoms with Gasteiger partial charge < -0.3 is 20.1 Å². The number of ether oxygens (including phenoxy) is 2. The fourth-order valence-corrected chi connectivity index (χ4v) is 3.68. The topological polar surface area (TPSA) is 120 Å². The van der Waals surface area contributed by atoms with Crippen molar-refractivity contribution in [1.82, 2.24) is 5.32 Å². The Labute approximate surface area is 193 Å². The van der Waals surface area contributed by atoms with Gasteiger partial charge in [0.15, 0.2) is 11.5 Å². The molecule has 0 aliphatic carbocycles. The fraction of sp³-hybridized carbons (Fsp3) is 0.333. The van der Waals surface area contributed by atoms with Crippen LogP contribution in [0.4, 0.5) is 11.4 Å². The van der Waals surface area contributed by atoms with Gasteiger partial charge in [0, 0.05) is 36.2 Å². The van der Waals surface area contributed by atoms with E-state index in [1.165, 1.54) is 36.0 Å². The smallest absolute Gasteiger partial charge is 0.270 e. The lowest BCUT2D eigenvalue weighted by Crippen LogP contribution is -2.44. The maximum Gasteiger partial charge on any atom is 0.270 e. The molecule has 1 aliphatic heterocycles. The van der Waals surface area contributed by atoms with Gasteiger partial charge in [-0.2, -0.15) is 11.8 Å². The van der Waals surface area contributed by atoms with Gasteiger partial charge in [0.1, 0.15) is 6.04 Å². The van der Waals surface area contributed by atoms with Gasteiger partial charge in [-0.3, -0.25) is 19.7 Å². The highest BCUT2D eigenvalue weighted by molar-refractivity contribution is 7.98. The summed E-state index contributed by atoms with van der Waals surface area (Å²) in [6.07, 6.45) is 2.97. The first-order valence-corrected chi connectivity index (χ1v) is 11.6. The van der Waals surface area contributed by atoms with Crippen LogP contribution in [0.25, 0.3) is 0 Å². The number of hydrogen-bond donors (Lipinski definition) is 2. The molecule has 3 rings (SSSR count). The molecule has 0 spiro atoms. The lowest BCUT2D eigenvalue weighted by molar-refractivity contribution is -0.384. The Morgan fingerprint density at radius 1 is 1.22 bits per heavy atom. The molecule has 0 fully saturated rings. The number of hydrogen-bond acceptors (Lipinski definition) is 7. The molecular formula is C21H22ClN3O6S. The molecule has 32 heavy (non-hydrogen) atoms. The fourth-order valence-electron chi connectivity index (χ4n) is 3.01. The van der Waals surface area contributed by atoms with Gasteiger partial charge in [0.2, 0.25) is 5.91 Å². The summed E-state index contributed by atoms with van der Waals surface area (Å²) in [5.41, 5.74) is 0.219. The number of halogens is 1. The van der Waals surface area contributed by atoms with Crippen molar-refractivity contribution in [1.29, 1.82) is 0 Å². The van der Waals surface area contributed by atoms with Crippen LogP contribution in [0.1, 0.15) is 23.2 Å². The van der Waals surface area contributed by atoms with Crippen molar-refractivity contribution in [2.75, 3.05) is 30.5 Å². The zero-order valence-electron chi connectivity index (χ0n) is 17.3. The standard InChI is InChI=1S/C21H22ClN3O6S/c1-32-9-6-16(23-20(26)13-4-2-5-14(10-13)25(28)29)21(27)24-17-12-19-18(11-15(17)22)30-7-3-8-31-19/h2,4-5,10-12,16H,3,6-9H2,1H3,(H,23,26)(H,24,27). The van der Waals surface area contributed by atoms with Crippen LogP contribution >= 0.6 is 23.4 Å². The number of nitrogens with zero attached hydrogens (tertiary/aromatic N) is 1. The Hall–Kier alpha value is -2.98. The lowest BCUT2D eigenvalue weighted by atomic mass is 10.1. The molecule has 2 aromatic rings. The summed E-state index contributed by atoms with van der Waals surface area (Å²) in [5, 5.41) is 16.7. The number of carbonyl (C=O) groups is 2. The first-order chi connectivity index (χ1) is 15.4. The number of carbonyl (C=O) groups excluding carboxylic acids is 2. The minimum absolute atomic E-state index is 0.0924. The molecule has 0 bridgehead atoms. The summed E-state index contributed by atoms with van der Waals surface area (Å²) in [4.78, 5) is 36.0. The number of anilines is 1. The average molecular weight is 480 g/mol. The SMILES string of the molecule is CSCCC(NC(=O)c1cccc([N+](=O)[O-])c1)C(=O)Nc1cc2c(cc1Cl)OCCCO2. The van der Waals surface area contributed by atoms with Crippen molar-refractivity contribution in [3.05, 3.63) is 57.1 Å². The number of thioether (sulfide) groups is 1. The lowest BCUT2D eigenvalue weighted by Gasteiger charge is -2.19. The van der Waals surface area contributed by atoms with Crippen molar-refractivity contribution in [3.63, 3.8) is 0 Å². The van der Waals surface area contributed by atoms with Crippen LogP contribution in [-0.2, 0) is 4.79 Å². The largest absolute Gasteiger partial charge is 0.490 e. The van der Waals surface area contributed by atoms with Gasteiger partial charge in [0.05, 0.1) is 28.8 Å². The van der Waals surface area contributed by atoms with Crippen LogP contribution in [0.3, 0.4) is 0 Å². The summed E-state index contributed by atoms with van der Waals surface area (Å²) in [7, 11) is 0. The highest BCUT2D eigenvalue weighted by Gasteiger charge is 2.24. The van der Waals surface area contributed by atoms with E-state index >= 15 is 0 Å². The van der Waals surface area contributed by atoms with E-state index in [-0.39, 0.29) is 16.3 Å². The number of fused-ring (bicyclic) bond motifs is 1. The van der Waals surface area contributed by atoms with Crippen molar-refractivity contribution < 1.29 is 24.0 Å². The van der Waals surface area contributed by atoms with Gasteiger partial charge in [-0.1, -0.05) is 17.7 Å². The van der Waals surface area contributed by atoms with Crippen LogP contribution in [0.15, 0.2) is 36.4 Å². The van der Waals surface area contributed by atoms with Gasteiger partial charge in [0.25, 0.3) is 11.6 Å². The van der Waals surface area contributed by atoms with Crippen molar-refractivity contribution in [3.8, 4) is 11.5 Å². The number of nitrogens with one attached hydrogen (secondary N) is 2. The minimum Gasteiger partial charge on any atom is -0.490 e. The second-order valence-electron chi connectivity index (χ2n) is 6.93. The molecule has 0 saturated heterocycles. The van der Waals surface area contributed by atoms with E-state index in [2.05, 4.69) is 10.6 Å². The highest BCUT2D eigenvalue weighted by Crippen LogP contribution is 2.37. The Bertz CT molecular complexity index is 1020. The van der Waals surface area contributed by atoms with Gasteiger partial charge >= 0.3 is 0 Å². The first kappa shape index (κ1) is 23.7. The third kappa shape index (κ3) is 6.04. The van der Waals surface area contributed by atoms with Crippen molar-refractivity contribution in [2.45, 2.75) is 18.9 Å². The molecule has 0 radical (unpaired) electrons. The first-order valence-electron chi connectivity index (χ1n) is 9.83. The zero-order chi connectivity index (χ0) is 23.1. The third-order valence-electron chi connectivity index (χ3n) is 4.65. The van der Waals surface area contributed by atoms with Gasteiger partial charge in [-0.25, -0.2) is 0 Å². The molecule has 2 aromatic carbocycles.